The fourth-order valence-corrected chi connectivity index (χ4v) is 1.75. The highest BCUT2D eigenvalue weighted by Crippen LogP contribution is 2.20. The summed E-state index contributed by atoms with van der Waals surface area (Å²) < 4.78 is 12.9. The lowest BCUT2D eigenvalue weighted by molar-refractivity contribution is -0.118. The van der Waals surface area contributed by atoms with Gasteiger partial charge in [0, 0.05) is 5.57 Å². The summed E-state index contributed by atoms with van der Waals surface area (Å²) in [4.78, 5) is 11.9. The Morgan fingerprint density at radius 2 is 1.85 bits per heavy atom. The second-order valence-corrected chi connectivity index (χ2v) is 5.22. The van der Waals surface area contributed by atoms with Gasteiger partial charge in [-0.2, -0.15) is 0 Å². The predicted octanol–water partition coefficient (Wildman–Crippen LogP) is 2.90. The molecule has 0 radical (unpaired) electrons. The molecule has 1 rings (SSSR count). The number of hydrogen-bond donors (Lipinski definition) is 2. The van der Waals surface area contributed by atoms with Gasteiger partial charge in [-0.15, -0.1) is 0 Å². The van der Waals surface area contributed by atoms with Crippen molar-refractivity contribution in [3.05, 3.63) is 46.8 Å². The number of aliphatic hydroxyl groups is 1. The molecule has 0 aliphatic rings. The van der Waals surface area contributed by atoms with Crippen LogP contribution < -0.4 is 5.32 Å². The minimum Gasteiger partial charge on any atom is -0.384 e. The van der Waals surface area contributed by atoms with Crippen LogP contribution in [0.15, 0.2) is 35.4 Å². The van der Waals surface area contributed by atoms with Gasteiger partial charge in [-0.1, -0.05) is 24.6 Å². The van der Waals surface area contributed by atoms with Crippen LogP contribution in [0.25, 0.3) is 0 Å². The molecule has 0 aliphatic heterocycles. The zero-order valence-electron chi connectivity index (χ0n) is 12.5. The van der Waals surface area contributed by atoms with Crippen molar-refractivity contribution >= 4 is 5.91 Å². The molecule has 4 heteroatoms. The van der Waals surface area contributed by atoms with Crippen LogP contribution in [0.4, 0.5) is 4.39 Å². The summed E-state index contributed by atoms with van der Waals surface area (Å²) in [5.74, 6) is -0.544. The Kier molecular flexibility index (Phi) is 5.45. The van der Waals surface area contributed by atoms with Crippen molar-refractivity contribution in [2.24, 2.45) is 0 Å². The molecule has 0 bridgehead atoms. The Bertz CT molecular complexity index is 504. The lowest BCUT2D eigenvalue weighted by Crippen LogP contribution is -2.39. The maximum atomic E-state index is 12.9. The van der Waals surface area contributed by atoms with Crippen molar-refractivity contribution in [1.29, 1.82) is 0 Å². The molecule has 0 saturated carbocycles. The predicted molar refractivity (Wildman–Crippen MR) is 77.6 cm³/mol. The van der Waals surface area contributed by atoms with E-state index in [1.54, 1.807) is 13.8 Å². The maximum absolute atomic E-state index is 12.9. The third-order valence-electron chi connectivity index (χ3n) is 3.57. The molecule has 0 spiro atoms. The summed E-state index contributed by atoms with van der Waals surface area (Å²) in [5, 5.41) is 13.1. The third-order valence-corrected chi connectivity index (χ3v) is 3.57. The molecule has 110 valence electrons. The molecule has 0 heterocycles. The first-order valence-corrected chi connectivity index (χ1v) is 6.71. The SMILES string of the molecule is CC/C(C)=C(/C)C(=O)NCC(C)(O)c1ccc(F)cc1. The van der Waals surface area contributed by atoms with Crippen LogP contribution in [-0.4, -0.2) is 17.6 Å². The Labute approximate surface area is 119 Å². The van der Waals surface area contributed by atoms with Crippen LogP contribution in [0, 0.1) is 5.82 Å². The number of rotatable bonds is 5. The highest BCUT2D eigenvalue weighted by Gasteiger charge is 2.24. The molecule has 0 aromatic heterocycles. The highest BCUT2D eigenvalue weighted by atomic mass is 19.1. The summed E-state index contributed by atoms with van der Waals surface area (Å²) in [6.07, 6.45) is 0.813. The molecule has 1 aromatic rings. The van der Waals surface area contributed by atoms with Crippen molar-refractivity contribution in [2.45, 2.75) is 39.7 Å². The van der Waals surface area contributed by atoms with E-state index in [0.29, 0.717) is 11.1 Å². The normalized spacial score (nSPS) is 15.3. The van der Waals surface area contributed by atoms with Crippen molar-refractivity contribution < 1.29 is 14.3 Å². The molecule has 1 aromatic carbocycles. The van der Waals surface area contributed by atoms with E-state index in [4.69, 9.17) is 0 Å². The Morgan fingerprint density at radius 1 is 1.30 bits per heavy atom. The standard InChI is InChI=1S/C16H22FNO2/c1-5-11(2)12(3)15(19)18-10-16(4,20)13-6-8-14(17)9-7-13/h6-9,20H,5,10H2,1-4H3,(H,18,19)/b12-11-. The van der Waals surface area contributed by atoms with Crippen LogP contribution in [-0.2, 0) is 10.4 Å². The van der Waals surface area contributed by atoms with E-state index >= 15 is 0 Å². The Balaban J connectivity index is 2.73. The van der Waals surface area contributed by atoms with Gasteiger partial charge in [0.2, 0.25) is 5.91 Å². The molecular weight excluding hydrogens is 257 g/mol. The minimum absolute atomic E-state index is 0.0752. The molecule has 3 nitrogen and oxygen atoms in total. The van der Waals surface area contributed by atoms with E-state index in [0.717, 1.165) is 12.0 Å². The first kappa shape index (κ1) is 16.4. The molecule has 1 amide bonds. The van der Waals surface area contributed by atoms with Crippen LogP contribution >= 0.6 is 0 Å². The van der Waals surface area contributed by atoms with E-state index in [-0.39, 0.29) is 18.3 Å². The van der Waals surface area contributed by atoms with Crippen LogP contribution in [0.5, 0.6) is 0 Å². The second-order valence-electron chi connectivity index (χ2n) is 5.22. The lowest BCUT2D eigenvalue weighted by atomic mass is 9.96. The van der Waals surface area contributed by atoms with E-state index in [1.165, 1.54) is 24.3 Å². The number of carbonyl (C=O) groups excluding carboxylic acids is 1. The number of allylic oxidation sites excluding steroid dienone is 1. The first-order valence-electron chi connectivity index (χ1n) is 6.71. The monoisotopic (exact) mass is 279 g/mol. The fraction of sp³-hybridized carbons (Fsp3) is 0.438. The summed E-state index contributed by atoms with van der Waals surface area (Å²) in [6.45, 7) is 7.33. The van der Waals surface area contributed by atoms with E-state index in [1.807, 2.05) is 13.8 Å². The summed E-state index contributed by atoms with van der Waals surface area (Å²) in [7, 11) is 0. The van der Waals surface area contributed by atoms with Gasteiger partial charge in [-0.05, 0) is 44.9 Å². The topological polar surface area (TPSA) is 49.3 Å². The van der Waals surface area contributed by atoms with E-state index in [9.17, 15) is 14.3 Å². The van der Waals surface area contributed by atoms with Crippen LogP contribution in [0.1, 0.15) is 39.7 Å². The zero-order valence-corrected chi connectivity index (χ0v) is 12.5. The maximum Gasteiger partial charge on any atom is 0.246 e. The van der Waals surface area contributed by atoms with Gasteiger partial charge in [0.05, 0.1) is 6.54 Å². The largest absolute Gasteiger partial charge is 0.384 e. The minimum atomic E-state index is -1.23. The van der Waals surface area contributed by atoms with Crippen molar-refractivity contribution in [3.63, 3.8) is 0 Å². The quantitative estimate of drug-likeness (QED) is 0.814. The lowest BCUT2D eigenvalue weighted by Gasteiger charge is -2.24. The van der Waals surface area contributed by atoms with Gasteiger partial charge in [0.1, 0.15) is 11.4 Å². The molecule has 20 heavy (non-hydrogen) atoms. The third kappa shape index (κ3) is 4.17. The van der Waals surface area contributed by atoms with Gasteiger partial charge < -0.3 is 10.4 Å². The number of amides is 1. The number of nitrogens with one attached hydrogen (secondary N) is 1. The van der Waals surface area contributed by atoms with E-state index in [2.05, 4.69) is 5.32 Å². The Morgan fingerprint density at radius 3 is 2.35 bits per heavy atom. The van der Waals surface area contributed by atoms with Crippen LogP contribution in [0.3, 0.4) is 0 Å². The molecule has 1 unspecified atom stereocenters. The number of hydrogen-bond acceptors (Lipinski definition) is 2. The van der Waals surface area contributed by atoms with Crippen molar-refractivity contribution in [3.8, 4) is 0 Å². The number of carbonyl (C=O) groups is 1. The molecule has 2 N–H and O–H groups in total. The van der Waals surface area contributed by atoms with Gasteiger partial charge in [-0.3, -0.25) is 4.79 Å². The highest BCUT2D eigenvalue weighted by molar-refractivity contribution is 5.93. The average molecular weight is 279 g/mol. The van der Waals surface area contributed by atoms with Crippen LogP contribution in [0.2, 0.25) is 0 Å². The first-order chi connectivity index (χ1) is 9.27. The van der Waals surface area contributed by atoms with E-state index < -0.39 is 5.60 Å². The zero-order chi connectivity index (χ0) is 15.3. The number of benzene rings is 1. The molecule has 0 fully saturated rings. The summed E-state index contributed by atoms with van der Waals surface area (Å²) in [5.41, 5.74) is 1.02. The fourth-order valence-electron chi connectivity index (χ4n) is 1.75. The van der Waals surface area contributed by atoms with Gasteiger partial charge in [-0.25, -0.2) is 4.39 Å². The van der Waals surface area contributed by atoms with Crippen molar-refractivity contribution in [1.82, 2.24) is 5.32 Å². The number of halogens is 1. The summed E-state index contributed by atoms with van der Waals surface area (Å²) in [6, 6.07) is 5.61. The van der Waals surface area contributed by atoms with Crippen molar-refractivity contribution in [2.75, 3.05) is 6.54 Å². The summed E-state index contributed by atoms with van der Waals surface area (Å²) >= 11 is 0. The van der Waals surface area contributed by atoms with Gasteiger partial charge in [0.15, 0.2) is 0 Å². The molecular formula is C16H22FNO2. The molecule has 0 aliphatic carbocycles. The smallest absolute Gasteiger partial charge is 0.246 e. The Hall–Kier alpha value is -1.68. The average Bonchev–Trinajstić information content (AvgIpc) is 2.43. The molecule has 1 atom stereocenters. The van der Waals surface area contributed by atoms with Gasteiger partial charge >= 0.3 is 0 Å². The van der Waals surface area contributed by atoms with Gasteiger partial charge in [0.25, 0.3) is 0 Å². The second kappa shape index (κ2) is 6.66. The molecule has 0 saturated heterocycles.